The molecule has 0 aromatic heterocycles. The number of alkyl halides is 4. The lowest BCUT2D eigenvalue weighted by molar-refractivity contribution is -0.158. The minimum absolute atomic E-state index is 0.0237. The highest BCUT2D eigenvalue weighted by atomic mass is 35.5. The van der Waals surface area contributed by atoms with Gasteiger partial charge in [-0.3, -0.25) is 9.59 Å². The highest BCUT2D eigenvalue weighted by molar-refractivity contribution is 6.65. The molecule has 0 aromatic carbocycles. The van der Waals surface area contributed by atoms with Crippen molar-refractivity contribution < 1.29 is 19.8 Å². The largest absolute Gasteiger partial charge is 0.481 e. The lowest BCUT2D eigenvalue weighted by Gasteiger charge is -2.43. The van der Waals surface area contributed by atoms with Crippen molar-refractivity contribution in [2.75, 3.05) is 0 Å². The fourth-order valence-corrected chi connectivity index (χ4v) is 8.88. The Labute approximate surface area is 167 Å². The zero-order valence-electron chi connectivity index (χ0n) is 11.6. The van der Waals surface area contributed by atoms with Crippen LogP contribution < -0.4 is 0 Å². The number of hydrogen-bond acceptors (Lipinski definition) is 2. The molecule has 10 heteroatoms. The fourth-order valence-electron chi connectivity index (χ4n) is 5.74. The fraction of sp³-hybridized carbons (Fsp3) is 0.714. The van der Waals surface area contributed by atoms with Gasteiger partial charge in [0, 0.05) is 0 Å². The molecule has 24 heavy (non-hydrogen) atoms. The SMILES string of the molecule is O=C(O)[C@@H]1[C@H]2C[C@@H]([C@@H]1C(=O)O)[C@@H]1[C@@H]2[C@@]2(Cl)C(Cl)=C(Cl)[C@@]1(Cl)C2(Cl)Cl. The third kappa shape index (κ3) is 1.51. The second-order valence-electron chi connectivity index (χ2n) is 6.97. The molecule has 4 aliphatic rings. The summed E-state index contributed by atoms with van der Waals surface area (Å²) in [5.41, 5.74) is 0. The van der Waals surface area contributed by atoms with Crippen molar-refractivity contribution in [3.63, 3.8) is 0 Å². The molecule has 0 spiro atoms. The standard InChI is InChI=1S/C14H10Cl6O4/c15-8-9(16)13(18)7-3-1-2(4(10(21)22)5(3)11(23)24)6(7)12(8,17)14(13,19)20/h2-7H,1H2,(H,21,22)(H,23,24)/t2-,3+,4-,5+,6-,7-,12-,13-/m1/s1. The number of rotatable bonds is 2. The molecule has 0 aromatic rings. The van der Waals surface area contributed by atoms with Gasteiger partial charge < -0.3 is 10.2 Å². The molecule has 8 atom stereocenters. The number of carboxylic acid groups (broad SMARTS) is 2. The first-order chi connectivity index (χ1) is 10.9. The van der Waals surface area contributed by atoms with Crippen LogP contribution in [0, 0.1) is 35.5 Å². The Kier molecular flexibility index (Phi) is 3.58. The first-order valence-corrected chi connectivity index (χ1v) is 9.48. The first kappa shape index (κ1) is 17.8. The Morgan fingerprint density at radius 2 is 1.17 bits per heavy atom. The summed E-state index contributed by atoms with van der Waals surface area (Å²) in [4.78, 5) is 20.4. The van der Waals surface area contributed by atoms with Crippen LogP contribution in [0.5, 0.6) is 0 Å². The molecule has 3 fully saturated rings. The summed E-state index contributed by atoms with van der Waals surface area (Å²) in [6, 6.07) is 0. The van der Waals surface area contributed by atoms with Gasteiger partial charge in [-0.2, -0.15) is 0 Å². The summed E-state index contributed by atoms with van der Waals surface area (Å²) < 4.78 is -1.76. The molecule has 4 bridgehead atoms. The predicted molar refractivity (Wildman–Crippen MR) is 91.2 cm³/mol. The van der Waals surface area contributed by atoms with Crippen molar-refractivity contribution in [2.45, 2.75) is 20.5 Å². The van der Waals surface area contributed by atoms with Crippen LogP contribution in [0.25, 0.3) is 0 Å². The van der Waals surface area contributed by atoms with Crippen LogP contribution in [0.2, 0.25) is 0 Å². The number of hydrogen-bond donors (Lipinski definition) is 2. The van der Waals surface area contributed by atoms with Gasteiger partial charge in [-0.1, -0.05) is 46.4 Å². The number of allylic oxidation sites excluding steroid dienone is 2. The highest BCUT2D eigenvalue weighted by Gasteiger charge is 2.88. The van der Waals surface area contributed by atoms with E-state index < -0.39 is 61.5 Å². The van der Waals surface area contributed by atoms with Gasteiger partial charge >= 0.3 is 11.9 Å². The van der Waals surface area contributed by atoms with E-state index in [-0.39, 0.29) is 10.1 Å². The Bertz CT molecular complexity index is 666. The van der Waals surface area contributed by atoms with Gasteiger partial charge in [0.05, 0.1) is 21.9 Å². The van der Waals surface area contributed by atoms with Crippen LogP contribution in [0.15, 0.2) is 10.1 Å². The molecular weight excluding hydrogens is 445 g/mol. The Morgan fingerprint density at radius 1 is 0.833 bits per heavy atom. The number of carboxylic acids is 2. The summed E-state index contributed by atoms with van der Waals surface area (Å²) in [5, 5.41) is 19.2. The van der Waals surface area contributed by atoms with Gasteiger partial charge in [-0.25, -0.2) is 0 Å². The van der Waals surface area contributed by atoms with Crippen molar-refractivity contribution >= 4 is 81.5 Å². The average molecular weight is 455 g/mol. The van der Waals surface area contributed by atoms with Crippen LogP contribution >= 0.6 is 69.6 Å². The van der Waals surface area contributed by atoms with E-state index in [0.29, 0.717) is 6.42 Å². The van der Waals surface area contributed by atoms with Gasteiger partial charge in [-0.15, -0.1) is 23.2 Å². The lowest BCUT2D eigenvalue weighted by atomic mass is 9.64. The molecule has 0 heterocycles. The van der Waals surface area contributed by atoms with Crippen molar-refractivity contribution in [3.05, 3.63) is 10.1 Å². The summed E-state index contributed by atoms with van der Waals surface area (Å²) in [6.45, 7) is 0. The van der Waals surface area contributed by atoms with Crippen LogP contribution in [0.1, 0.15) is 6.42 Å². The topological polar surface area (TPSA) is 74.6 Å². The smallest absolute Gasteiger partial charge is 0.307 e. The maximum Gasteiger partial charge on any atom is 0.307 e. The number of carbonyl (C=O) groups is 2. The van der Waals surface area contributed by atoms with Gasteiger partial charge in [-0.05, 0) is 30.1 Å². The zero-order valence-corrected chi connectivity index (χ0v) is 16.2. The molecule has 0 saturated heterocycles. The quantitative estimate of drug-likeness (QED) is 0.486. The maximum atomic E-state index is 11.7. The third-order valence-corrected chi connectivity index (χ3v) is 10.7. The molecular formula is C14H10Cl6O4. The van der Waals surface area contributed by atoms with E-state index in [0.717, 1.165) is 0 Å². The predicted octanol–water partition coefficient (Wildman–Crippen LogP) is 4.12. The van der Waals surface area contributed by atoms with E-state index in [1.807, 2.05) is 0 Å². The number of fused-ring (bicyclic) bond motifs is 9. The Hall–Kier alpha value is 0.420. The second-order valence-corrected chi connectivity index (χ2v) is 10.2. The minimum atomic E-state index is -1.76. The highest BCUT2D eigenvalue weighted by Crippen LogP contribution is 2.83. The molecule has 2 N–H and O–H groups in total. The van der Waals surface area contributed by atoms with E-state index in [4.69, 9.17) is 69.6 Å². The summed E-state index contributed by atoms with van der Waals surface area (Å²) in [6.07, 6.45) is 0.365. The maximum absolute atomic E-state index is 11.7. The van der Waals surface area contributed by atoms with Crippen LogP contribution in [-0.2, 0) is 9.59 Å². The lowest BCUT2D eigenvalue weighted by Crippen LogP contribution is -2.49. The first-order valence-electron chi connectivity index (χ1n) is 7.21. The Balaban J connectivity index is 1.94. The molecule has 0 radical (unpaired) electrons. The van der Waals surface area contributed by atoms with E-state index in [9.17, 15) is 19.8 Å². The minimum Gasteiger partial charge on any atom is -0.481 e. The van der Waals surface area contributed by atoms with Gasteiger partial charge in [0.1, 0.15) is 9.75 Å². The third-order valence-electron chi connectivity index (χ3n) is 6.40. The van der Waals surface area contributed by atoms with Crippen molar-refractivity contribution in [3.8, 4) is 0 Å². The monoisotopic (exact) mass is 452 g/mol. The van der Waals surface area contributed by atoms with Crippen molar-refractivity contribution in [2.24, 2.45) is 35.5 Å². The molecule has 4 nitrogen and oxygen atoms in total. The molecule has 0 amide bonds. The van der Waals surface area contributed by atoms with E-state index in [1.54, 1.807) is 0 Å². The van der Waals surface area contributed by atoms with E-state index in [2.05, 4.69) is 0 Å². The molecule has 4 aliphatic carbocycles. The van der Waals surface area contributed by atoms with E-state index >= 15 is 0 Å². The van der Waals surface area contributed by atoms with Gasteiger partial charge in [0.2, 0.25) is 0 Å². The molecule has 4 rings (SSSR count). The molecule has 132 valence electrons. The normalized spacial score (nSPS) is 53.6. The summed E-state index contributed by atoms with van der Waals surface area (Å²) in [5.74, 6) is -6.71. The molecule has 0 aliphatic heterocycles. The summed E-state index contributed by atoms with van der Waals surface area (Å²) >= 11 is 39.1. The van der Waals surface area contributed by atoms with Crippen molar-refractivity contribution in [1.29, 1.82) is 0 Å². The van der Waals surface area contributed by atoms with Crippen LogP contribution in [-0.4, -0.2) is 36.2 Å². The Morgan fingerprint density at radius 3 is 1.46 bits per heavy atom. The average Bonchev–Trinajstić information content (AvgIpc) is 3.11. The molecule has 0 unspecified atom stereocenters. The van der Waals surface area contributed by atoms with Crippen LogP contribution in [0.4, 0.5) is 0 Å². The van der Waals surface area contributed by atoms with Crippen molar-refractivity contribution in [1.82, 2.24) is 0 Å². The van der Waals surface area contributed by atoms with Gasteiger partial charge in [0.15, 0.2) is 4.33 Å². The van der Waals surface area contributed by atoms with E-state index in [1.165, 1.54) is 0 Å². The number of halogens is 6. The van der Waals surface area contributed by atoms with Crippen LogP contribution in [0.3, 0.4) is 0 Å². The molecule has 3 saturated carbocycles. The zero-order chi connectivity index (χ0) is 18.0. The van der Waals surface area contributed by atoms with Gasteiger partial charge in [0.25, 0.3) is 0 Å². The number of aliphatic carboxylic acids is 2. The summed E-state index contributed by atoms with van der Waals surface area (Å²) in [7, 11) is 0. The second kappa shape index (κ2) is 4.82.